The Hall–Kier alpha value is -1.89. The van der Waals surface area contributed by atoms with Crippen molar-refractivity contribution < 1.29 is 0 Å². The minimum Gasteiger partial charge on any atom is -0.352 e. The van der Waals surface area contributed by atoms with Crippen molar-refractivity contribution in [3.63, 3.8) is 0 Å². The lowest BCUT2D eigenvalue weighted by atomic mass is 10.1. The topological polar surface area (TPSA) is 92.3 Å². The van der Waals surface area contributed by atoms with Gasteiger partial charge in [0.05, 0.1) is 0 Å². The highest BCUT2D eigenvalue weighted by molar-refractivity contribution is 5.52. The zero-order valence-corrected chi connectivity index (χ0v) is 11.7. The molecule has 2 aromatic rings. The molecule has 0 aliphatic carbocycles. The number of fused-ring (bicyclic) bond motifs is 1. The lowest BCUT2D eigenvalue weighted by molar-refractivity contribution is 0.574. The number of hydrogen-bond acceptors (Lipinski definition) is 5. The fourth-order valence-electron chi connectivity index (χ4n) is 2.95. The molecule has 1 saturated heterocycles. The summed E-state index contributed by atoms with van der Waals surface area (Å²) in [6.45, 7) is 3.40. The van der Waals surface area contributed by atoms with E-state index in [-0.39, 0.29) is 5.69 Å². The van der Waals surface area contributed by atoms with Crippen molar-refractivity contribution in [3.8, 4) is 0 Å². The van der Waals surface area contributed by atoms with Gasteiger partial charge in [0.2, 0.25) is 0 Å². The molecule has 0 spiro atoms. The summed E-state index contributed by atoms with van der Waals surface area (Å²) < 4.78 is 1.48. The van der Waals surface area contributed by atoms with E-state index >= 15 is 0 Å². The van der Waals surface area contributed by atoms with Crippen LogP contribution in [0, 0.1) is 6.92 Å². The van der Waals surface area contributed by atoms with E-state index in [1.54, 1.807) is 0 Å². The predicted octanol–water partition coefficient (Wildman–Crippen LogP) is 0.434. The molecule has 0 amide bonds. The Morgan fingerprint density at radius 1 is 1.45 bits per heavy atom. The number of nitrogens with one attached hydrogen (secondary N) is 1. The molecule has 3 heterocycles. The third-order valence-corrected chi connectivity index (χ3v) is 4.00. The molecule has 1 atom stereocenters. The maximum absolute atomic E-state index is 11.6. The number of rotatable bonds is 2. The number of nitrogens with two attached hydrogens (primary N) is 1. The molecule has 7 heteroatoms. The molecule has 108 valence electrons. The molecule has 0 radical (unpaired) electrons. The lowest BCUT2D eigenvalue weighted by Crippen LogP contribution is -2.41. The molecule has 0 bridgehead atoms. The van der Waals surface area contributed by atoms with E-state index in [1.165, 1.54) is 17.2 Å². The molecule has 1 aliphatic heterocycles. The van der Waals surface area contributed by atoms with Crippen LogP contribution in [-0.4, -0.2) is 38.7 Å². The minimum atomic E-state index is -0.247. The molecule has 3 N–H and O–H groups in total. The maximum Gasteiger partial charge on any atom is 0.349 e. The quantitative estimate of drug-likeness (QED) is 0.830. The average Bonchev–Trinajstić information content (AvgIpc) is 2.68. The smallest absolute Gasteiger partial charge is 0.349 e. The van der Waals surface area contributed by atoms with Crippen LogP contribution < -0.4 is 16.3 Å². The van der Waals surface area contributed by atoms with Crippen molar-refractivity contribution in [2.45, 2.75) is 38.6 Å². The summed E-state index contributed by atoms with van der Waals surface area (Å²) in [4.78, 5) is 18.5. The Bertz CT molecular complexity index is 660. The molecule has 3 rings (SSSR count). The fraction of sp³-hybridized carbons (Fsp3) is 0.615. The highest BCUT2D eigenvalue weighted by Gasteiger charge is 2.22. The maximum atomic E-state index is 11.6. The van der Waals surface area contributed by atoms with E-state index in [0.29, 0.717) is 24.1 Å². The summed E-state index contributed by atoms with van der Waals surface area (Å²) in [7, 11) is 0. The van der Waals surface area contributed by atoms with Gasteiger partial charge in [-0.3, -0.25) is 0 Å². The second kappa shape index (κ2) is 5.24. The lowest BCUT2D eigenvalue weighted by Gasteiger charge is -2.30. The van der Waals surface area contributed by atoms with Crippen LogP contribution in [-0.2, 0) is 0 Å². The summed E-state index contributed by atoms with van der Waals surface area (Å²) in [5.74, 6) is 1.52. The largest absolute Gasteiger partial charge is 0.352 e. The van der Waals surface area contributed by atoms with Crippen LogP contribution >= 0.6 is 0 Å². The van der Waals surface area contributed by atoms with E-state index in [2.05, 4.69) is 20.1 Å². The molecule has 1 unspecified atom stereocenters. The van der Waals surface area contributed by atoms with E-state index in [1.807, 2.05) is 13.0 Å². The van der Waals surface area contributed by atoms with Crippen LogP contribution in [0.3, 0.4) is 0 Å². The van der Waals surface area contributed by atoms with Gasteiger partial charge < -0.3 is 10.6 Å². The van der Waals surface area contributed by atoms with Crippen LogP contribution in [0.1, 0.15) is 31.5 Å². The summed E-state index contributed by atoms with van der Waals surface area (Å²) in [5, 5.41) is 6.50. The molecule has 2 aromatic heterocycles. The molecule has 20 heavy (non-hydrogen) atoms. The first-order valence-corrected chi connectivity index (χ1v) is 7.12. The van der Waals surface area contributed by atoms with Gasteiger partial charge in [-0.2, -0.15) is 5.10 Å². The zero-order valence-electron chi connectivity index (χ0n) is 11.7. The molecular formula is C13H20N6O. The predicted molar refractivity (Wildman–Crippen MR) is 77.0 cm³/mol. The van der Waals surface area contributed by atoms with Crippen LogP contribution in [0.2, 0.25) is 0 Å². The summed E-state index contributed by atoms with van der Waals surface area (Å²) in [5.41, 5.74) is 6.27. The number of H-pyrrole nitrogens is 1. The van der Waals surface area contributed by atoms with Crippen LogP contribution in [0.25, 0.3) is 5.65 Å². The Labute approximate surface area is 116 Å². The summed E-state index contributed by atoms with van der Waals surface area (Å²) >= 11 is 0. The standard InChI is InChI=1S/C13H20N6O/c1-9-15-11(7-12-16-17-13(20)19(9)12)18-6-4-2-3-5-10(18)8-14/h7,10H,2-6,8,14H2,1H3,(H,17,20). The van der Waals surface area contributed by atoms with E-state index in [4.69, 9.17) is 5.73 Å². The van der Waals surface area contributed by atoms with Gasteiger partial charge in [0.15, 0.2) is 5.65 Å². The van der Waals surface area contributed by atoms with Gasteiger partial charge in [0.1, 0.15) is 11.6 Å². The zero-order chi connectivity index (χ0) is 14.1. The Morgan fingerprint density at radius 2 is 2.30 bits per heavy atom. The number of nitrogens with zero attached hydrogens (tertiary/aromatic N) is 4. The highest BCUT2D eigenvalue weighted by atomic mass is 16.1. The summed E-state index contributed by atoms with van der Waals surface area (Å²) in [6, 6.07) is 2.18. The molecular weight excluding hydrogens is 256 g/mol. The van der Waals surface area contributed by atoms with Gasteiger partial charge >= 0.3 is 5.69 Å². The van der Waals surface area contributed by atoms with Gasteiger partial charge in [0, 0.05) is 25.2 Å². The molecule has 0 aromatic carbocycles. The van der Waals surface area contributed by atoms with Crippen LogP contribution in [0.4, 0.5) is 5.82 Å². The molecule has 0 saturated carbocycles. The normalized spacial score (nSPS) is 20.3. The van der Waals surface area contributed by atoms with Crippen molar-refractivity contribution >= 4 is 11.5 Å². The summed E-state index contributed by atoms with van der Waals surface area (Å²) in [6.07, 6.45) is 4.68. The SMILES string of the molecule is Cc1nc(N2CCCCCC2CN)cc2n[nH]c(=O)n12. The van der Waals surface area contributed by atoms with E-state index < -0.39 is 0 Å². The van der Waals surface area contributed by atoms with Crippen molar-refractivity contribution in [1.29, 1.82) is 0 Å². The first-order valence-electron chi connectivity index (χ1n) is 7.12. The number of aromatic nitrogens is 4. The number of aromatic amines is 1. The van der Waals surface area contributed by atoms with Gasteiger partial charge in [-0.25, -0.2) is 19.3 Å². The van der Waals surface area contributed by atoms with E-state index in [0.717, 1.165) is 25.2 Å². The van der Waals surface area contributed by atoms with Crippen molar-refractivity contribution in [1.82, 2.24) is 19.6 Å². The number of aryl methyl sites for hydroxylation is 1. The van der Waals surface area contributed by atoms with Gasteiger partial charge in [-0.1, -0.05) is 12.8 Å². The number of hydrogen-bond donors (Lipinski definition) is 2. The Balaban J connectivity index is 2.05. The second-order valence-electron chi connectivity index (χ2n) is 5.32. The fourth-order valence-corrected chi connectivity index (χ4v) is 2.95. The third-order valence-electron chi connectivity index (χ3n) is 4.00. The monoisotopic (exact) mass is 276 g/mol. The average molecular weight is 276 g/mol. The Kier molecular flexibility index (Phi) is 3.43. The first-order chi connectivity index (χ1) is 9.70. The number of anilines is 1. The van der Waals surface area contributed by atoms with Crippen LogP contribution in [0.15, 0.2) is 10.9 Å². The molecule has 1 fully saturated rings. The molecule has 1 aliphatic rings. The van der Waals surface area contributed by atoms with Gasteiger partial charge in [0.25, 0.3) is 0 Å². The van der Waals surface area contributed by atoms with Crippen molar-refractivity contribution in [2.24, 2.45) is 5.73 Å². The van der Waals surface area contributed by atoms with Crippen molar-refractivity contribution in [3.05, 3.63) is 22.4 Å². The minimum absolute atomic E-state index is 0.247. The van der Waals surface area contributed by atoms with Gasteiger partial charge in [-0.15, -0.1) is 0 Å². The molecule has 7 nitrogen and oxygen atoms in total. The van der Waals surface area contributed by atoms with Crippen LogP contribution in [0.5, 0.6) is 0 Å². The first kappa shape index (κ1) is 13.1. The van der Waals surface area contributed by atoms with E-state index in [9.17, 15) is 4.79 Å². The second-order valence-corrected chi connectivity index (χ2v) is 5.32. The van der Waals surface area contributed by atoms with Gasteiger partial charge in [-0.05, 0) is 19.8 Å². The Morgan fingerprint density at radius 3 is 3.10 bits per heavy atom. The highest BCUT2D eigenvalue weighted by Crippen LogP contribution is 2.23. The third kappa shape index (κ3) is 2.18. The van der Waals surface area contributed by atoms with Crippen molar-refractivity contribution in [2.75, 3.05) is 18.0 Å².